The second-order valence-electron chi connectivity index (χ2n) is 3.64. The average molecular weight is 279 g/mol. The van der Waals surface area contributed by atoms with Gasteiger partial charge < -0.3 is 15.1 Å². The van der Waals surface area contributed by atoms with Crippen molar-refractivity contribution in [2.75, 3.05) is 19.3 Å². The molecule has 1 rings (SSSR count). The second-order valence-corrected chi connectivity index (χ2v) is 5.80. The lowest BCUT2D eigenvalue weighted by Gasteiger charge is -2.14. The van der Waals surface area contributed by atoms with Gasteiger partial charge in [-0.05, 0) is 18.2 Å². The summed E-state index contributed by atoms with van der Waals surface area (Å²) in [6, 6.07) is 4.83. The van der Waals surface area contributed by atoms with Gasteiger partial charge in [0.25, 0.3) is 0 Å². The fourth-order valence-electron chi connectivity index (χ4n) is 1.28. The van der Waals surface area contributed by atoms with E-state index in [2.05, 4.69) is 4.72 Å². The highest BCUT2D eigenvalue weighted by Gasteiger charge is 2.02. The number of hydrogen-bond donors (Lipinski definition) is 2. The Balaban J connectivity index is 2.34. The highest BCUT2D eigenvalue weighted by Crippen LogP contribution is 2.20. The smallest absolute Gasteiger partial charge is 0.124 e. The number of benzene rings is 1. The van der Waals surface area contributed by atoms with Crippen LogP contribution in [0.4, 0.5) is 0 Å². The Bertz CT molecular complexity index is 476. The first kappa shape index (κ1) is 14.2. The molecule has 0 aliphatic carbocycles. The molecule has 0 unspecified atom stereocenters. The van der Waals surface area contributed by atoms with Crippen LogP contribution in [0.3, 0.4) is 0 Å². The van der Waals surface area contributed by atoms with Crippen molar-refractivity contribution in [1.82, 2.24) is 0 Å². The van der Waals surface area contributed by atoms with Gasteiger partial charge in [-0.2, -0.15) is 0 Å². The summed E-state index contributed by atoms with van der Waals surface area (Å²) in [6.07, 6.45) is 1.07. The van der Waals surface area contributed by atoms with E-state index >= 15 is 0 Å². The fourth-order valence-corrected chi connectivity index (χ4v) is 1.92. The van der Waals surface area contributed by atoms with Crippen LogP contribution >= 0.6 is 11.6 Å². The van der Waals surface area contributed by atoms with Crippen molar-refractivity contribution >= 4 is 21.6 Å². The third-order valence-corrected chi connectivity index (χ3v) is 2.95. The molecule has 96 valence electrons. The van der Waals surface area contributed by atoms with Gasteiger partial charge in [-0.3, -0.25) is 0 Å². The van der Waals surface area contributed by atoms with Gasteiger partial charge in [0, 0.05) is 16.8 Å². The molecule has 0 saturated heterocycles. The zero-order valence-corrected chi connectivity index (χ0v) is 11.0. The van der Waals surface area contributed by atoms with Gasteiger partial charge in [-0.1, -0.05) is 18.1 Å². The number of quaternary nitrogens is 1. The third kappa shape index (κ3) is 5.88. The largest absolute Gasteiger partial charge is 0.545 e. The number of sulfonamides is 1. The molecule has 0 bridgehead atoms. The van der Waals surface area contributed by atoms with Crippen LogP contribution in [-0.2, 0) is 16.6 Å². The van der Waals surface area contributed by atoms with Crippen LogP contribution in [0.5, 0.6) is 5.75 Å². The highest BCUT2D eigenvalue weighted by molar-refractivity contribution is 7.93. The van der Waals surface area contributed by atoms with E-state index in [9.17, 15) is 13.5 Å². The molecule has 0 fully saturated rings. The van der Waals surface area contributed by atoms with Crippen molar-refractivity contribution in [3.63, 3.8) is 0 Å². The summed E-state index contributed by atoms with van der Waals surface area (Å²) in [7, 11) is -3.25. The van der Waals surface area contributed by atoms with E-state index in [-0.39, 0.29) is 12.3 Å². The molecule has 0 aliphatic rings. The zero-order valence-electron chi connectivity index (χ0n) is 9.43. The van der Waals surface area contributed by atoms with Crippen molar-refractivity contribution in [2.45, 2.75) is 6.54 Å². The molecule has 17 heavy (non-hydrogen) atoms. The topological polar surface area (TPSA) is 85.1 Å². The maximum atomic E-state index is 10.7. The van der Waals surface area contributed by atoms with Crippen molar-refractivity contribution in [1.29, 1.82) is 0 Å². The Labute approximate surface area is 106 Å². The van der Waals surface area contributed by atoms with Crippen molar-refractivity contribution in [3.05, 3.63) is 33.5 Å². The summed E-state index contributed by atoms with van der Waals surface area (Å²) in [5, 5.41) is 11.9. The summed E-state index contributed by atoms with van der Waals surface area (Å²) < 4.78 is 24.9. The van der Waals surface area contributed by atoms with Crippen LogP contribution in [0, 0.1) is 0 Å². The third-order valence-electron chi connectivity index (χ3n) is 2.06. The first-order chi connectivity index (χ1) is 7.88. The summed E-state index contributed by atoms with van der Waals surface area (Å²) >= 11 is 5.79. The van der Waals surface area contributed by atoms with Gasteiger partial charge >= 0.3 is 0 Å². The number of aromatic hydroxyl groups is 1. The number of nitrogens with zero attached hydrogens (tertiary/aromatic N) is 1. The first-order valence-corrected chi connectivity index (χ1v) is 7.29. The summed E-state index contributed by atoms with van der Waals surface area (Å²) in [4.78, 5) is 0. The Kier molecular flexibility index (Phi) is 5.20. The molecule has 0 amide bonds. The summed E-state index contributed by atoms with van der Waals surface area (Å²) in [6.45, 7) is 1.31. The van der Waals surface area contributed by atoms with Crippen LogP contribution in [0.2, 0.25) is 5.02 Å². The minimum atomic E-state index is -3.25. The SMILES string of the molecule is CS(=O)(=O)[N-]CC[NH2+]Cc1cc(Cl)ccc1O. The van der Waals surface area contributed by atoms with Crippen LogP contribution in [0.1, 0.15) is 5.56 Å². The number of rotatable bonds is 6. The van der Waals surface area contributed by atoms with Crippen molar-refractivity contribution in [3.8, 4) is 5.75 Å². The van der Waals surface area contributed by atoms with Crippen molar-refractivity contribution < 1.29 is 18.8 Å². The molecule has 0 saturated carbocycles. The fraction of sp³-hybridized carbons (Fsp3) is 0.400. The van der Waals surface area contributed by atoms with Crippen LogP contribution < -0.4 is 5.32 Å². The van der Waals surface area contributed by atoms with E-state index in [4.69, 9.17) is 11.6 Å². The van der Waals surface area contributed by atoms with Gasteiger partial charge in [0.2, 0.25) is 0 Å². The van der Waals surface area contributed by atoms with E-state index in [1.807, 2.05) is 5.32 Å². The van der Waals surface area contributed by atoms with Gasteiger partial charge in [0.1, 0.15) is 12.3 Å². The van der Waals surface area contributed by atoms with Crippen LogP contribution in [0.25, 0.3) is 4.72 Å². The maximum Gasteiger partial charge on any atom is 0.124 e. The van der Waals surface area contributed by atoms with Gasteiger partial charge in [0.05, 0.1) is 16.6 Å². The predicted octanol–water partition coefficient (Wildman–Crippen LogP) is 0.442. The minimum absolute atomic E-state index is 0.186. The normalized spacial score (nSPS) is 11.6. The molecule has 0 aliphatic heterocycles. The zero-order chi connectivity index (χ0) is 12.9. The summed E-state index contributed by atoms with van der Waals surface area (Å²) in [5.41, 5.74) is 0.719. The lowest BCUT2D eigenvalue weighted by atomic mass is 10.2. The standard InChI is InChI=1S/C10H14ClN2O3S/c1-17(15,16)13-5-4-12-7-8-6-9(11)2-3-10(8)14/h2-3,6,12,14H,4-5,7H2,1H3/q-1/p+1. The lowest BCUT2D eigenvalue weighted by Crippen LogP contribution is -2.83. The van der Waals surface area contributed by atoms with Crippen molar-refractivity contribution in [2.24, 2.45) is 0 Å². The molecule has 0 heterocycles. The minimum Gasteiger partial charge on any atom is -0.545 e. The maximum absolute atomic E-state index is 10.7. The van der Waals surface area contributed by atoms with E-state index in [1.54, 1.807) is 12.1 Å². The molecular weight excluding hydrogens is 264 g/mol. The second kappa shape index (κ2) is 6.20. The predicted molar refractivity (Wildman–Crippen MR) is 66.7 cm³/mol. The molecule has 5 nitrogen and oxygen atoms in total. The molecule has 0 aromatic heterocycles. The van der Waals surface area contributed by atoms with Crippen LogP contribution in [0.15, 0.2) is 18.2 Å². The number of halogens is 1. The van der Waals surface area contributed by atoms with Gasteiger partial charge in [-0.15, -0.1) is 0 Å². The number of phenolic OH excluding ortho intramolecular Hbond substituents is 1. The quantitative estimate of drug-likeness (QED) is 0.741. The molecule has 7 heteroatoms. The highest BCUT2D eigenvalue weighted by atomic mass is 35.5. The number of phenols is 1. The molecule has 1 aromatic carbocycles. The molecule has 1 aromatic rings. The average Bonchev–Trinajstić information content (AvgIpc) is 2.21. The first-order valence-electron chi connectivity index (χ1n) is 5.06. The Morgan fingerprint density at radius 2 is 2.18 bits per heavy atom. The Morgan fingerprint density at radius 3 is 2.82 bits per heavy atom. The molecule has 3 N–H and O–H groups in total. The molecular formula is C10H15ClN2O3S. The Hall–Kier alpha value is -0.820. The molecule has 0 spiro atoms. The van der Waals surface area contributed by atoms with E-state index in [1.165, 1.54) is 6.07 Å². The Morgan fingerprint density at radius 1 is 1.47 bits per heavy atom. The number of hydrogen-bond acceptors (Lipinski definition) is 3. The van der Waals surface area contributed by atoms with E-state index in [0.29, 0.717) is 18.1 Å². The number of nitrogens with two attached hydrogens (primary N) is 1. The molecule has 0 atom stereocenters. The molecule has 0 radical (unpaired) electrons. The van der Waals surface area contributed by atoms with Gasteiger partial charge in [0.15, 0.2) is 0 Å². The van der Waals surface area contributed by atoms with Gasteiger partial charge in [-0.25, -0.2) is 8.42 Å². The monoisotopic (exact) mass is 278 g/mol. The van der Waals surface area contributed by atoms with E-state index < -0.39 is 10.0 Å². The van der Waals surface area contributed by atoms with E-state index in [0.717, 1.165) is 11.8 Å². The summed E-state index contributed by atoms with van der Waals surface area (Å²) in [5.74, 6) is 0.186. The lowest BCUT2D eigenvalue weighted by molar-refractivity contribution is -0.667. The van der Waals surface area contributed by atoms with Crippen LogP contribution in [-0.4, -0.2) is 32.9 Å².